The Balaban J connectivity index is 1.61. The van der Waals surface area contributed by atoms with Crippen molar-refractivity contribution >= 4 is 39.1 Å². The number of amides is 2. The Bertz CT molecular complexity index is 1120. The molecule has 2 aliphatic rings. The Morgan fingerprint density at radius 3 is 2.70 bits per heavy atom. The van der Waals surface area contributed by atoms with E-state index in [2.05, 4.69) is 5.32 Å². The van der Waals surface area contributed by atoms with Gasteiger partial charge in [0.25, 0.3) is 5.91 Å². The van der Waals surface area contributed by atoms with E-state index in [0.29, 0.717) is 12.2 Å². The van der Waals surface area contributed by atoms with Crippen LogP contribution < -0.4 is 10.2 Å². The average molecular weight is 422 g/mol. The summed E-state index contributed by atoms with van der Waals surface area (Å²) in [5.74, 6) is -0.172. The van der Waals surface area contributed by atoms with E-state index in [4.69, 9.17) is 0 Å². The van der Waals surface area contributed by atoms with Gasteiger partial charge in [0, 0.05) is 11.7 Å². The lowest BCUT2D eigenvalue weighted by Gasteiger charge is -2.45. The standard InChI is InChI=1S/C24H27N3O2S/c1-16-8-6-7-11-18(16)27-22(28)20-14-21-19(12-13-30-21)26(20)15-24(27,2)23(29)25-17-9-4-3-5-10-17/h6-8,11-14,17H,3-5,9-10,15H2,1-2H3,(H,25,29)/t24-/m1/s1. The van der Waals surface area contributed by atoms with Gasteiger partial charge in [-0.25, -0.2) is 0 Å². The molecule has 0 unspecified atom stereocenters. The Kier molecular flexibility index (Phi) is 4.69. The lowest BCUT2D eigenvalue weighted by molar-refractivity contribution is -0.127. The minimum Gasteiger partial charge on any atom is -0.351 e. The molecule has 1 aliphatic carbocycles. The van der Waals surface area contributed by atoms with Crippen molar-refractivity contribution in [3.63, 3.8) is 0 Å². The molecule has 1 saturated carbocycles. The number of nitrogens with one attached hydrogen (secondary N) is 1. The summed E-state index contributed by atoms with van der Waals surface area (Å²) >= 11 is 1.63. The van der Waals surface area contributed by atoms with Crippen LogP contribution in [-0.2, 0) is 11.3 Å². The Morgan fingerprint density at radius 1 is 1.17 bits per heavy atom. The molecule has 30 heavy (non-hydrogen) atoms. The Hall–Kier alpha value is -2.60. The summed E-state index contributed by atoms with van der Waals surface area (Å²) in [5, 5.41) is 5.33. The molecule has 156 valence electrons. The van der Waals surface area contributed by atoms with E-state index in [0.717, 1.165) is 47.2 Å². The number of fused-ring (bicyclic) bond motifs is 3. The number of nitrogens with zero attached hydrogens (tertiary/aromatic N) is 2. The summed E-state index contributed by atoms with van der Waals surface area (Å²) < 4.78 is 3.11. The molecule has 5 nitrogen and oxygen atoms in total. The lowest BCUT2D eigenvalue weighted by Crippen LogP contribution is -2.65. The van der Waals surface area contributed by atoms with E-state index in [9.17, 15) is 9.59 Å². The zero-order chi connectivity index (χ0) is 20.9. The fourth-order valence-corrected chi connectivity index (χ4v) is 5.81. The molecule has 3 heterocycles. The number of hydrogen-bond acceptors (Lipinski definition) is 3. The number of carbonyl (C=O) groups excluding carboxylic acids is 2. The molecule has 0 bridgehead atoms. The maximum Gasteiger partial charge on any atom is 0.275 e. The smallest absolute Gasteiger partial charge is 0.275 e. The summed E-state index contributed by atoms with van der Waals surface area (Å²) in [5.41, 5.74) is 2.48. The van der Waals surface area contributed by atoms with Crippen LogP contribution in [0.1, 0.15) is 55.1 Å². The van der Waals surface area contributed by atoms with Crippen LogP contribution in [0.4, 0.5) is 5.69 Å². The van der Waals surface area contributed by atoms with E-state index >= 15 is 0 Å². The summed E-state index contributed by atoms with van der Waals surface area (Å²) in [4.78, 5) is 29.2. The maximum atomic E-state index is 13.8. The largest absolute Gasteiger partial charge is 0.351 e. The highest BCUT2D eigenvalue weighted by Crippen LogP contribution is 2.38. The monoisotopic (exact) mass is 421 g/mol. The highest BCUT2D eigenvalue weighted by Gasteiger charge is 2.49. The second kappa shape index (κ2) is 7.27. The van der Waals surface area contributed by atoms with Crippen molar-refractivity contribution in [3.8, 4) is 0 Å². The second-order valence-electron chi connectivity index (χ2n) is 8.80. The van der Waals surface area contributed by atoms with Crippen LogP contribution in [0.3, 0.4) is 0 Å². The summed E-state index contributed by atoms with van der Waals surface area (Å²) in [6.07, 6.45) is 5.58. The maximum absolute atomic E-state index is 13.8. The predicted octanol–water partition coefficient (Wildman–Crippen LogP) is 4.88. The predicted molar refractivity (Wildman–Crippen MR) is 121 cm³/mol. The van der Waals surface area contributed by atoms with Crippen molar-refractivity contribution in [3.05, 3.63) is 53.0 Å². The summed E-state index contributed by atoms with van der Waals surface area (Å²) in [6, 6.07) is 12.0. The number of hydrogen-bond donors (Lipinski definition) is 1. The molecule has 1 aliphatic heterocycles. The Labute approximate surface area is 180 Å². The number of benzene rings is 1. The van der Waals surface area contributed by atoms with E-state index in [1.165, 1.54) is 6.42 Å². The quantitative estimate of drug-likeness (QED) is 0.655. The first-order valence-electron chi connectivity index (χ1n) is 10.8. The normalized spacial score (nSPS) is 22.3. The van der Waals surface area contributed by atoms with Crippen LogP contribution >= 0.6 is 11.3 Å². The van der Waals surface area contributed by atoms with Gasteiger partial charge in [-0.3, -0.25) is 14.5 Å². The number of para-hydroxylation sites is 1. The van der Waals surface area contributed by atoms with Gasteiger partial charge in [0.2, 0.25) is 5.91 Å². The molecular weight excluding hydrogens is 394 g/mol. The van der Waals surface area contributed by atoms with E-state index in [1.54, 1.807) is 16.2 Å². The third-order valence-corrected chi connectivity index (χ3v) is 7.54. The fraction of sp³-hybridized carbons (Fsp3) is 0.417. The molecular formula is C24H27N3O2S. The van der Waals surface area contributed by atoms with Gasteiger partial charge < -0.3 is 9.88 Å². The first kappa shape index (κ1) is 19.4. The van der Waals surface area contributed by atoms with Crippen LogP contribution in [0, 0.1) is 6.92 Å². The van der Waals surface area contributed by atoms with E-state index in [-0.39, 0.29) is 17.9 Å². The third-order valence-electron chi connectivity index (χ3n) is 6.69. The van der Waals surface area contributed by atoms with Gasteiger partial charge in [-0.15, -0.1) is 11.3 Å². The number of thiophene rings is 1. The van der Waals surface area contributed by atoms with Crippen LogP contribution in [0.5, 0.6) is 0 Å². The molecule has 5 rings (SSSR count). The number of aromatic nitrogens is 1. The molecule has 3 aromatic rings. The van der Waals surface area contributed by atoms with Crippen molar-refractivity contribution in [1.82, 2.24) is 9.88 Å². The second-order valence-corrected chi connectivity index (χ2v) is 9.74. The van der Waals surface area contributed by atoms with Crippen LogP contribution in [0.2, 0.25) is 0 Å². The first-order chi connectivity index (χ1) is 14.5. The number of anilines is 1. The van der Waals surface area contributed by atoms with Gasteiger partial charge in [0.05, 0.1) is 16.8 Å². The van der Waals surface area contributed by atoms with Gasteiger partial charge >= 0.3 is 0 Å². The highest BCUT2D eigenvalue weighted by atomic mass is 32.1. The van der Waals surface area contributed by atoms with Gasteiger partial charge in [-0.2, -0.15) is 0 Å². The van der Waals surface area contributed by atoms with Gasteiger partial charge in [0.15, 0.2) is 0 Å². The molecule has 0 saturated heterocycles. The SMILES string of the molecule is Cc1ccccc1N1C(=O)c2cc3sccc3n2C[C@]1(C)C(=O)NC1CCCCC1. The van der Waals surface area contributed by atoms with Crippen LogP contribution in [0.15, 0.2) is 41.8 Å². The van der Waals surface area contributed by atoms with E-state index in [1.807, 2.05) is 60.2 Å². The van der Waals surface area contributed by atoms with Crippen molar-refractivity contribution in [2.75, 3.05) is 4.90 Å². The molecule has 1 N–H and O–H groups in total. The van der Waals surface area contributed by atoms with Crippen molar-refractivity contribution in [2.45, 2.75) is 64.1 Å². The molecule has 2 amide bonds. The van der Waals surface area contributed by atoms with Gasteiger partial charge in [-0.1, -0.05) is 37.5 Å². The first-order valence-corrected chi connectivity index (χ1v) is 11.6. The zero-order valence-corrected chi connectivity index (χ0v) is 18.3. The zero-order valence-electron chi connectivity index (χ0n) is 17.5. The van der Waals surface area contributed by atoms with Gasteiger partial charge in [-0.05, 0) is 55.8 Å². The summed E-state index contributed by atoms with van der Waals surface area (Å²) in [6.45, 7) is 4.35. The molecule has 2 aromatic heterocycles. The lowest BCUT2D eigenvalue weighted by atomic mass is 9.90. The van der Waals surface area contributed by atoms with Crippen LogP contribution in [0.25, 0.3) is 10.2 Å². The molecule has 1 fully saturated rings. The van der Waals surface area contributed by atoms with E-state index < -0.39 is 5.54 Å². The minimum atomic E-state index is -0.998. The number of aryl methyl sites for hydroxylation is 1. The topological polar surface area (TPSA) is 54.3 Å². The fourth-order valence-electron chi connectivity index (χ4n) is 4.99. The highest BCUT2D eigenvalue weighted by molar-refractivity contribution is 7.17. The molecule has 0 spiro atoms. The van der Waals surface area contributed by atoms with Gasteiger partial charge in [0.1, 0.15) is 11.2 Å². The minimum absolute atomic E-state index is 0.0614. The summed E-state index contributed by atoms with van der Waals surface area (Å²) in [7, 11) is 0. The third kappa shape index (κ3) is 2.97. The van der Waals surface area contributed by atoms with Crippen molar-refractivity contribution in [2.24, 2.45) is 0 Å². The average Bonchev–Trinajstić information content (AvgIpc) is 3.33. The number of carbonyl (C=O) groups is 2. The molecule has 6 heteroatoms. The van der Waals surface area contributed by atoms with Crippen molar-refractivity contribution < 1.29 is 9.59 Å². The number of rotatable bonds is 3. The molecule has 1 atom stereocenters. The molecule has 1 aromatic carbocycles. The molecule has 0 radical (unpaired) electrons. The van der Waals surface area contributed by atoms with Crippen LogP contribution in [-0.4, -0.2) is 28.0 Å². The van der Waals surface area contributed by atoms with Crippen molar-refractivity contribution in [1.29, 1.82) is 0 Å². The Morgan fingerprint density at radius 2 is 1.93 bits per heavy atom.